The molecular weight excluding hydrogens is 137 g/mol. The molecule has 0 aliphatic carbocycles. The molecule has 1 rings (SSSR count). The van der Waals surface area contributed by atoms with Crippen molar-refractivity contribution in [2.24, 2.45) is 0 Å². The van der Waals surface area contributed by atoms with Crippen molar-refractivity contribution in [3.8, 4) is 0 Å². The predicted octanol–water partition coefficient (Wildman–Crippen LogP) is -2.42. The number of hydrogen-bond acceptors (Lipinski definition) is 2. The van der Waals surface area contributed by atoms with Gasteiger partial charge in [0.05, 0.1) is 0 Å². The van der Waals surface area contributed by atoms with Crippen LogP contribution in [0.4, 0.5) is 0 Å². The quantitative estimate of drug-likeness (QED) is 0.312. The third-order valence-corrected chi connectivity index (χ3v) is 0.633. The second kappa shape index (κ2) is 3.93. The van der Waals surface area contributed by atoms with Crippen LogP contribution >= 0.6 is 12.2 Å². The molecular formula is C2H4KN3S. The van der Waals surface area contributed by atoms with Crippen molar-refractivity contribution in [2.45, 2.75) is 0 Å². The molecule has 1 aromatic rings. The minimum atomic E-state index is 0. The van der Waals surface area contributed by atoms with Crippen LogP contribution < -0.4 is 51.4 Å². The molecule has 0 saturated carbocycles. The van der Waals surface area contributed by atoms with Gasteiger partial charge in [0.1, 0.15) is 6.33 Å². The van der Waals surface area contributed by atoms with Crippen LogP contribution in [0.15, 0.2) is 6.33 Å². The summed E-state index contributed by atoms with van der Waals surface area (Å²) in [5.41, 5.74) is 0. The molecule has 34 valence electrons. The number of hydrogen-bond donors (Lipinski definition) is 2. The molecule has 0 aliphatic heterocycles. The number of rotatable bonds is 0. The van der Waals surface area contributed by atoms with E-state index < -0.39 is 0 Å². The van der Waals surface area contributed by atoms with E-state index in [-0.39, 0.29) is 52.8 Å². The van der Waals surface area contributed by atoms with Gasteiger partial charge in [-0.2, -0.15) is 0 Å². The zero-order valence-electron chi connectivity index (χ0n) is 4.93. The summed E-state index contributed by atoms with van der Waals surface area (Å²) >= 11 is 4.55. The van der Waals surface area contributed by atoms with Crippen molar-refractivity contribution in [3.05, 3.63) is 11.1 Å². The summed E-state index contributed by atoms with van der Waals surface area (Å²) in [5.74, 6) is 0. The van der Waals surface area contributed by atoms with Gasteiger partial charge in [-0.25, -0.2) is 4.98 Å². The maximum absolute atomic E-state index is 4.55. The van der Waals surface area contributed by atoms with Crippen LogP contribution in [0, 0.1) is 4.77 Å². The van der Waals surface area contributed by atoms with Gasteiger partial charge in [0, 0.05) is 0 Å². The first-order chi connectivity index (χ1) is 2.89. The molecule has 0 atom stereocenters. The number of nitrogens with zero attached hydrogens (tertiary/aromatic N) is 1. The van der Waals surface area contributed by atoms with Crippen LogP contribution in [0.1, 0.15) is 1.43 Å². The molecule has 0 bridgehead atoms. The zero-order chi connectivity index (χ0) is 4.41. The van der Waals surface area contributed by atoms with Crippen LogP contribution in [-0.2, 0) is 0 Å². The maximum Gasteiger partial charge on any atom is 1.00 e. The summed E-state index contributed by atoms with van der Waals surface area (Å²) in [6, 6.07) is 0. The fraction of sp³-hybridized carbons (Fsp3) is 0. The van der Waals surface area contributed by atoms with Gasteiger partial charge in [0.25, 0.3) is 0 Å². The molecule has 0 radical (unpaired) electrons. The Bertz CT molecular complexity index is 155. The Morgan fingerprint density at radius 1 is 1.86 bits per heavy atom. The zero-order valence-corrected chi connectivity index (χ0v) is 7.87. The Morgan fingerprint density at radius 3 is 2.71 bits per heavy atom. The first-order valence-electron chi connectivity index (χ1n) is 1.47. The van der Waals surface area contributed by atoms with Gasteiger partial charge >= 0.3 is 51.4 Å². The third-order valence-electron chi connectivity index (χ3n) is 0.425. The molecule has 0 fully saturated rings. The summed E-state index contributed by atoms with van der Waals surface area (Å²) in [6.45, 7) is 0. The van der Waals surface area contributed by atoms with Gasteiger partial charge in [-0.3, -0.25) is 10.2 Å². The maximum atomic E-state index is 4.55. The molecule has 5 heteroatoms. The number of aromatic nitrogens is 3. The van der Waals surface area contributed by atoms with E-state index in [2.05, 4.69) is 27.4 Å². The molecule has 1 aromatic heterocycles. The molecule has 1 heterocycles. The molecule has 0 aromatic carbocycles. The predicted molar refractivity (Wildman–Crippen MR) is 24.9 cm³/mol. The van der Waals surface area contributed by atoms with Crippen LogP contribution in [0.5, 0.6) is 0 Å². The van der Waals surface area contributed by atoms with Crippen molar-refractivity contribution in [2.75, 3.05) is 0 Å². The molecule has 3 nitrogen and oxygen atoms in total. The average Bonchev–Trinajstić information content (AvgIpc) is 1.86. The SMILES string of the molecule is S=c1nc[nH][nH]1.[H-].[K+]. The van der Waals surface area contributed by atoms with Gasteiger partial charge < -0.3 is 1.43 Å². The molecule has 0 aliphatic rings. The van der Waals surface area contributed by atoms with E-state index in [4.69, 9.17) is 0 Å². The Morgan fingerprint density at radius 2 is 2.57 bits per heavy atom. The van der Waals surface area contributed by atoms with Crippen molar-refractivity contribution in [1.82, 2.24) is 15.2 Å². The van der Waals surface area contributed by atoms with Crippen LogP contribution in [0.2, 0.25) is 0 Å². The first kappa shape index (κ1) is 8.00. The Balaban J connectivity index is 0. The van der Waals surface area contributed by atoms with Crippen molar-refractivity contribution >= 4 is 12.2 Å². The molecule has 0 saturated heterocycles. The molecule has 0 amide bonds. The molecule has 0 spiro atoms. The monoisotopic (exact) mass is 141 g/mol. The largest absolute Gasteiger partial charge is 1.00 e. The van der Waals surface area contributed by atoms with E-state index in [0.29, 0.717) is 4.77 Å². The Hall–Kier alpha value is 0.996. The molecule has 2 N–H and O–H groups in total. The Kier molecular flexibility index (Phi) is 4.49. The van der Waals surface area contributed by atoms with Gasteiger partial charge in [-0.05, 0) is 12.2 Å². The van der Waals surface area contributed by atoms with Crippen molar-refractivity contribution in [3.63, 3.8) is 0 Å². The normalized spacial score (nSPS) is 7.43. The van der Waals surface area contributed by atoms with Crippen molar-refractivity contribution in [1.29, 1.82) is 0 Å². The number of nitrogens with one attached hydrogen (secondary N) is 2. The fourth-order valence-corrected chi connectivity index (χ4v) is 0.329. The molecule has 0 unspecified atom stereocenters. The second-order valence-electron chi connectivity index (χ2n) is 0.833. The van der Waals surface area contributed by atoms with E-state index in [1.54, 1.807) is 0 Å². The average molecular weight is 141 g/mol. The number of aromatic amines is 2. The summed E-state index contributed by atoms with van der Waals surface area (Å²) in [7, 11) is 0. The smallest absolute Gasteiger partial charge is 1.00 e. The summed E-state index contributed by atoms with van der Waals surface area (Å²) in [5, 5.41) is 5.17. The second-order valence-corrected chi connectivity index (χ2v) is 1.22. The number of H-pyrrole nitrogens is 2. The van der Waals surface area contributed by atoms with Crippen LogP contribution in [0.3, 0.4) is 0 Å². The topological polar surface area (TPSA) is 44.5 Å². The Labute approximate surface area is 89.8 Å². The summed E-state index contributed by atoms with van der Waals surface area (Å²) in [6.07, 6.45) is 1.50. The summed E-state index contributed by atoms with van der Waals surface area (Å²) in [4.78, 5) is 3.62. The fourth-order valence-electron chi connectivity index (χ4n) is 0.217. The van der Waals surface area contributed by atoms with Crippen LogP contribution in [0.25, 0.3) is 0 Å². The van der Waals surface area contributed by atoms with E-state index in [1.807, 2.05) is 0 Å². The van der Waals surface area contributed by atoms with E-state index >= 15 is 0 Å². The third kappa shape index (κ3) is 2.73. The minimum Gasteiger partial charge on any atom is -1.00 e. The standard InChI is InChI=1S/C2H3N3S.K.H/c6-2-3-1-4-5-2;;/h1H,(H2,3,4,5,6);;/q;+1;-1. The van der Waals surface area contributed by atoms with E-state index in [1.165, 1.54) is 6.33 Å². The first-order valence-corrected chi connectivity index (χ1v) is 1.88. The van der Waals surface area contributed by atoms with Gasteiger partial charge in [0.2, 0.25) is 4.77 Å². The van der Waals surface area contributed by atoms with Crippen LogP contribution in [-0.4, -0.2) is 15.2 Å². The summed E-state index contributed by atoms with van der Waals surface area (Å²) < 4.78 is 0.495. The van der Waals surface area contributed by atoms with E-state index in [0.717, 1.165) is 0 Å². The minimum absolute atomic E-state index is 0. The van der Waals surface area contributed by atoms with Gasteiger partial charge in [0.15, 0.2) is 0 Å². The van der Waals surface area contributed by atoms with Gasteiger partial charge in [-0.1, -0.05) is 0 Å². The van der Waals surface area contributed by atoms with Crippen molar-refractivity contribution < 1.29 is 52.8 Å². The van der Waals surface area contributed by atoms with Gasteiger partial charge in [-0.15, -0.1) is 0 Å². The molecule has 7 heavy (non-hydrogen) atoms. The van der Waals surface area contributed by atoms with E-state index in [9.17, 15) is 0 Å².